The predicted octanol–water partition coefficient (Wildman–Crippen LogP) is 3.64. The number of rotatable bonds is 5. The van der Waals surface area contributed by atoms with Crippen molar-refractivity contribution in [2.45, 2.75) is 39.3 Å². The molecular formula is C15H19BrN2O. The van der Waals surface area contributed by atoms with Gasteiger partial charge in [-0.1, -0.05) is 36.8 Å². The van der Waals surface area contributed by atoms with Gasteiger partial charge < -0.3 is 5.11 Å². The zero-order valence-electron chi connectivity index (χ0n) is 11.3. The summed E-state index contributed by atoms with van der Waals surface area (Å²) < 4.78 is 2.76. The van der Waals surface area contributed by atoms with Crippen LogP contribution in [-0.2, 0) is 13.0 Å². The molecule has 0 saturated carbocycles. The maximum Gasteiger partial charge on any atom is 0.101 e. The minimum absolute atomic E-state index is 0.537. The monoisotopic (exact) mass is 322 g/mol. The molecule has 0 radical (unpaired) electrons. The summed E-state index contributed by atoms with van der Waals surface area (Å²) in [6.45, 7) is 4.99. The van der Waals surface area contributed by atoms with Crippen LogP contribution in [0.2, 0.25) is 0 Å². The van der Waals surface area contributed by atoms with Crippen molar-refractivity contribution in [3.8, 4) is 0 Å². The van der Waals surface area contributed by atoms with Crippen molar-refractivity contribution in [2.24, 2.45) is 0 Å². The molecular weight excluding hydrogens is 304 g/mol. The van der Waals surface area contributed by atoms with Crippen molar-refractivity contribution in [1.29, 1.82) is 0 Å². The Balaban J connectivity index is 2.20. The molecule has 0 spiro atoms. The minimum Gasteiger partial charge on any atom is -0.386 e. The van der Waals surface area contributed by atoms with E-state index < -0.39 is 6.10 Å². The van der Waals surface area contributed by atoms with Gasteiger partial charge in [-0.2, -0.15) is 5.10 Å². The topological polar surface area (TPSA) is 38.0 Å². The number of aliphatic hydroxyl groups is 1. The van der Waals surface area contributed by atoms with Gasteiger partial charge in [-0.15, -0.1) is 0 Å². The van der Waals surface area contributed by atoms with Crippen LogP contribution in [0, 0.1) is 6.92 Å². The third-order valence-corrected chi connectivity index (χ3v) is 3.71. The summed E-state index contributed by atoms with van der Waals surface area (Å²) in [6.07, 6.45) is 2.82. The van der Waals surface area contributed by atoms with Gasteiger partial charge >= 0.3 is 0 Å². The largest absolute Gasteiger partial charge is 0.386 e. The van der Waals surface area contributed by atoms with E-state index in [0.29, 0.717) is 6.42 Å². The van der Waals surface area contributed by atoms with Crippen LogP contribution in [-0.4, -0.2) is 14.9 Å². The molecule has 2 aromatic rings. The maximum atomic E-state index is 10.5. The first kappa shape index (κ1) is 14.3. The van der Waals surface area contributed by atoms with Crippen LogP contribution < -0.4 is 0 Å². The molecule has 19 heavy (non-hydrogen) atoms. The first-order valence-corrected chi connectivity index (χ1v) is 7.36. The number of hydrogen-bond acceptors (Lipinski definition) is 2. The van der Waals surface area contributed by atoms with Crippen molar-refractivity contribution >= 4 is 15.9 Å². The summed E-state index contributed by atoms with van der Waals surface area (Å²) in [4.78, 5) is 0. The highest BCUT2D eigenvalue weighted by Crippen LogP contribution is 2.26. The number of aliphatic hydroxyl groups excluding tert-OH is 1. The average molecular weight is 323 g/mol. The lowest BCUT2D eigenvalue weighted by molar-refractivity contribution is 0.166. The zero-order valence-corrected chi connectivity index (χ0v) is 12.9. The second-order valence-corrected chi connectivity index (χ2v) is 5.66. The molecule has 0 aliphatic carbocycles. The van der Waals surface area contributed by atoms with Gasteiger partial charge in [-0.05, 0) is 34.8 Å². The lowest BCUT2D eigenvalue weighted by atomic mass is 10.0. The summed E-state index contributed by atoms with van der Waals surface area (Å²) in [5.74, 6) is 0. The molecule has 2 rings (SSSR count). The standard InChI is InChI=1S/C15H19BrN2O/c1-3-7-18-15(13(16)10-17-18)14(19)9-12-6-4-5-11(2)8-12/h4-6,8,10,14,19H,3,7,9H2,1-2H3. The summed E-state index contributed by atoms with van der Waals surface area (Å²) in [7, 11) is 0. The Morgan fingerprint density at radius 1 is 1.42 bits per heavy atom. The van der Waals surface area contributed by atoms with Crippen LogP contribution in [0.5, 0.6) is 0 Å². The normalized spacial score (nSPS) is 12.6. The molecule has 0 fully saturated rings. The van der Waals surface area contributed by atoms with Gasteiger partial charge in [0.2, 0.25) is 0 Å². The van der Waals surface area contributed by atoms with Crippen LogP contribution in [0.25, 0.3) is 0 Å². The summed E-state index contributed by atoms with van der Waals surface area (Å²) in [5, 5.41) is 14.7. The number of aromatic nitrogens is 2. The summed E-state index contributed by atoms with van der Waals surface area (Å²) >= 11 is 3.47. The van der Waals surface area contributed by atoms with Crippen molar-refractivity contribution in [1.82, 2.24) is 9.78 Å². The Hall–Kier alpha value is -1.13. The zero-order chi connectivity index (χ0) is 13.8. The summed E-state index contributed by atoms with van der Waals surface area (Å²) in [5.41, 5.74) is 3.22. The fourth-order valence-electron chi connectivity index (χ4n) is 2.25. The van der Waals surface area contributed by atoms with E-state index >= 15 is 0 Å². The molecule has 1 aromatic carbocycles. The first-order valence-electron chi connectivity index (χ1n) is 6.56. The highest BCUT2D eigenvalue weighted by atomic mass is 79.9. The Labute approximate surface area is 122 Å². The van der Waals surface area contributed by atoms with E-state index in [0.717, 1.165) is 28.7 Å². The van der Waals surface area contributed by atoms with E-state index in [1.165, 1.54) is 5.56 Å². The third kappa shape index (κ3) is 3.45. The molecule has 1 unspecified atom stereocenters. The number of hydrogen-bond donors (Lipinski definition) is 1. The van der Waals surface area contributed by atoms with Gasteiger partial charge in [0.1, 0.15) is 6.10 Å². The third-order valence-electron chi connectivity index (χ3n) is 3.10. The molecule has 1 N–H and O–H groups in total. The highest BCUT2D eigenvalue weighted by molar-refractivity contribution is 9.10. The van der Waals surface area contributed by atoms with Crippen molar-refractivity contribution in [2.75, 3.05) is 0 Å². The second-order valence-electron chi connectivity index (χ2n) is 4.81. The quantitative estimate of drug-likeness (QED) is 0.912. The average Bonchev–Trinajstić information content (AvgIpc) is 2.71. The Morgan fingerprint density at radius 3 is 2.89 bits per heavy atom. The van der Waals surface area contributed by atoms with E-state index in [2.05, 4.69) is 47.0 Å². The molecule has 1 aromatic heterocycles. The van der Waals surface area contributed by atoms with E-state index in [1.807, 2.05) is 16.8 Å². The minimum atomic E-state index is -0.537. The Morgan fingerprint density at radius 2 is 2.21 bits per heavy atom. The Bertz CT molecular complexity index is 551. The molecule has 3 nitrogen and oxygen atoms in total. The molecule has 0 amide bonds. The number of nitrogens with zero attached hydrogens (tertiary/aromatic N) is 2. The SMILES string of the molecule is CCCn1ncc(Br)c1C(O)Cc1cccc(C)c1. The van der Waals surface area contributed by atoms with Crippen LogP contribution in [0.1, 0.15) is 36.3 Å². The van der Waals surface area contributed by atoms with Gasteiger partial charge in [-0.25, -0.2) is 0 Å². The van der Waals surface area contributed by atoms with Gasteiger partial charge in [0.25, 0.3) is 0 Å². The molecule has 102 valence electrons. The molecule has 0 saturated heterocycles. The van der Waals surface area contributed by atoms with Gasteiger partial charge in [-0.3, -0.25) is 4.68 Å². The highest BCUT2D eigenvalue weighted by Gasteiger charge is 2.18. The number of benzene rings is 1. The molecule has 0 bridgehead atoms. The van der Waals surface area contributed by atoms with Crippen LogP contribution in [0.4, 0.5) is 0 Å². The fraction of sp³-hybridized carbons (Fsp3) is 0.400. The van der Waals surface area contributed by atoms with Gasteiger partial charge in [0.05, 0.1) is 16.4 Å². The van der Waals surface area contributed by atoms with Gasteiger partial charge in [0.15, 0.2) is 0 Å². The second kappa shape index (κ2) is 6.35. The van der Waals surface area contributed by atoms with E-state index in [-0.39, 0.29) is 0 Å². The Kier molecular flexibility index (Phi) is 4.77. The molecule has 0 aliphatic rings. The molecule has 1 atom stereocenters. The van der Waals surface area contributed by atoms with E-state index in [4.69, 9.17) is 0 Å². The smallest absolute Gasteiger partial charge is 0.101 e. The first-order chi connectivity index (χ1) is 9.11. The maximum absolute atomic E-state index is 10.5. The lowest BCUT2D eigenvalue weighted by Crippen LogP contribution is -2.11. The van der Waals surface area contributed by atoms with Crippen LogP contribution in [0.3, 0.4) is 0 Å². The van der Waals surface area contributed by atoms with Crippen molar-refractivity contribution in [3.05, 3.63) is 51.8 Å². The molecule has 1 heterocycles. The van der Waals surface area contributed by atoms with Crippen molar-refractivity contribution < 1.29 is 5.11 Å². The predicted molar refractivity (Wildman–Crippen MR) is 80.1 cm³/mol. The summed E-state index contributed by atoms with van der Waals surface area (Å²) in [6, 6.07) is 8.24. The van der Waals surface area contributed by atoms with Crippen LogP contribution in [0.15, 0.2) is 34.9 Å². The van der Waals surface area contributed by atoms with E-state index in [1.54, 1.807) is 6.20 Å². The van der Waals surface area contributed by atoms with E-state index in [9.17, 15) is 5.11 Å². The van der Waals surface area contributed by atoms with Crippen molar-refractivity contribution in [3.63, 3.8) is 0 Å². The van der Waals surface area contributed by atoms with Crippen LogP contribution >= 0.6 is 15.9 Å². The number of halogens is 1. The molecule has 0 aliphatic heterocycles. The lowest BCUT2D eigenvalue weighted by Gasteiger charge is -2.14. The molecule has 4 heteroatoms. The van der Waals surface area contributed by atoms with Gasteiger partial charge in [0, 0.05) is 13.0 Å². The fourth-order valence-corrected chi connectivity index (χ4v) is 2.81. The number of aryl methyl sites for hydroxylation is 2.